The smallest absolute Gasteiger partial charge is 0.241 e. The molecule has 2 rings (SSSR count). The summed E-state index contributed by atoms with van der Waals surface area (Å²) in [4.78, 5) is 11.1. The van der Waals surface area contributed by atoms with Crippen molar-refractivity contribution in [3.05, 3.63) is 42.0 Å². The van der Waals surface area contributed by atoms with Gasteiger partial charge < -0.3 is 0 Å². The van der Waals surface area contributed by atoms with E-state index in [9.17, 15) is 13.2 Å². The largest absolute Gasteiger partial charge is 0.298 e. The van der Waals surface area contributed by atoms with Crippen LogP contribution in [0, 0.1) is 0 Å². The number of aldehydes is 1. The van der Waals surface area contributed by atoms with Crippen molar-refractivity contribution in [2.24, 2.45) is 0 Å². The van der Waals surface area contributed by atoms with Crippen LogP contribution in [0.1, 0.15) is 17.3 Å². The summed E-state index contributed by atoms with van der Waals surface area (Å²) in [5.41, 5.74) is 0.487. The van der Waals surface area contributed by atoms with Gasteiger partial charge in [0.2, 0.25) is 10.0 Å². The lowest BCUT2D eigenvalue weighted by atomic mass is 10.1. The predicted octanol–water partition coefficient (Wildman–Crippen LogP) is 1.95. The molecule has 0 fully saturated rings. The molecule has 0 aliphatic carbocycles. The van der Waals surface area contributed by atoms with Gasteiger partial charge in [0.15, 0.2) is 6.29 Å². The van der Waals surface area contributed by atoms with Crippen LogP contribution in [0.15, 0.2) is 41.3 Å². The molecule has 5 heteroatoms. The van der Waals surface area contributed by atoms with Gasteiger partial charge in [-0.2, -0.15) is 0 Å². The van der Waals surface area contributed by atoms with Gasteiger partial charge >= 0.3 is 0 Å². The molecule has 18 heavy (non-hydrogen) atoms. The van der Waals surface area contributed by atoms with E-state index in [0.717, 1.165) is 6.29 Å². The van der Waals surface area contributed by atoms with Crippen molar-refractivity contribution in [2.45, 2.75) is 11.8 Å². The molecule has 0 aromatic heterocycles. The van der Waals surface area contributed by atoms with Crippen molar-refractivity contribution in [3.63, 3.8) is 0 Å². The monoisotopic (exact) mass is 263 g/mol. The Balaban J connectivity index is 2.79. The number of carbonyl (C=O) groups is 1. The third kappa shape index (κ3) is 2.14. The first-order valence-electron chi connectivity index (χ1n) is 5.56. The summed E-state index contributed by atoms with van der Waals surface area (Å²) < 4.78 is 26.5. The maximum atomic E-state index is 12.0. The minimum Gasteiger partial charge on any atom is -0.298 e. The third-order valence-corrected chi connectivity index (χ3v) is 4.27. The van der Waals surface area contributed by atoms with Crippen molar-refractivity contribution >= 4 is 27.1 Å². The molecule has 0 heterocycles. The topological polar surface area (TPSA) is 63.2 Å². The fourth-order valence-electron chi connectivity index (χ4n) is 1.90. The highest BCUT2D eigenvalue weighted by Crippen LogP contribution is 2.25. The molecule has 0 bridgehead atoms. The van der Waals surface area contributed by atoms with Gasteiger partial charge in [0.05, 0.1) is 4.90 Å². The van der Waals surface area contributed by atoms with E-state index < -0.39 is 10.0 Å². The van der Waals surface area contributed by atoms with Crippen LogP contribution in [-0.2, 0) is 10.0 Å². The van der Waals surface area contributed by atoms with Crippen LogP contribution in [-0.4, -0.2) is 21.2 Å². The Labute approximate surface area is 106 Å². The molecule has 0 radical (unpaired) electrons. The molecule has 0 spiro atoms. The van der Waals surface area contributed by atoms with Crippen LogP contribution in [0.5, 0.6) is 0 Å². The van der Waals surface area contributed by atoms with E-state index in [0.29, 0.717) is 22.9 Å². The Morgan fingerprint density at radius 1 is 1.11 bits per heavy atom. The standard InChI is InChI=1S/C13H13NO3S/c1-2-14-18(16,17)13-8-7-10(9-15)11-5-3-4-6-12(11)13/h3-9,14H,2H2,1H3. The van der Waals surface area contributed by atoms with Crippen molar-refractivity contribution in [2.75, 3.05) is 6.54 Å². The molecule has 0 saturated heterocycles. The molecule has 0 aliphatic rings. The molecule has 1 N–H and O–H groups in total. The Bertz CT molecular complexity index is 692. The molecule has 2 aromatic rings. The van der Waals surface area contributed by atoms with Crippen LogP contribution in [0.3, 0.4) is 0 Å². The SMILES string of the molecule is CCNS(=O)(=O)c1ccc(C=O)c2ccccc12. The van der Waals surface area contributed by atoms with Gasteiger partial charge in [-0.15, -0.1) is 0 Å². The van der Waals surface area contributed by atoms with Crippen molar-refractivity contribution in [1.82, 2.24) is 4.72 Å². The first-order valence-corrected chi connectivity index (χ1v) is 7.05. The molecule has 2 aromatic carbocycles. The molecular formula is C13H13NO3S. The quantitative estimate of drug-likeness (QED) is 0.857. The number of hydrogen-bond donors (Lipinski definition) is 1. The average molecular weight is 263 g/mol. The highest BCUT2D eigenvalue weighted by atomic mass is 32.2. The van der Waals surface area contributed by atoms with E-state index in [1.54, 1.807) is 31.2 Å². The number of rotatable bonds is 4. The third-order valence-electron chi connectivity index (χ3n) is 2.67. The van der Waals surface area contributed by atoms with Crippen molar-refractivity contribution in [3.8, 4) is 0 Å². The second-order valence-electron chi connectivity index (χ2n) is 3.82. The molecule has 4 nitrogen and oxygen atoms in total. The Morgan fingerprint density at radius 3 is 2.39 bits per heavy atom. The van der Waals surface area contributed by atoms with Crippen molar-refractivity contribution in [1.29, 1.82) is 0 Å². The average Bonchev–Trinajstić information content (AvgIpc) is 2.37. The molecule has 0 unspecified atom stereocenters. The minimum absolute atomic E-state index is 0.200. The van der Waals surface area contributed by atoms with E-state index in [2.05, 4.69) is 4.72 Å². The molecular weight excluding hydrogens is 250 g/mol. The van der Waals surface area contributed by atoms with Crippen LogP contribution < -0.4 is 4.72 Å². The first kappa shape index (κ1) is 12.7. The van der Waals surface area contributed by atoms with E-state index >= 15 is 0 Å². The Kier molecular flexibility index (Phi) is 3.45. The zero-order valence-electron chi connectivity index (χ0n) is 9.88. The van der Waals surface area contributed by atoms with Gasteiger partial charge in [0, 0.05) is 17.5 Å². The summed E-state index contributed by atoms with van der Waals surface area (Å²) in [6, 6.07) is 9.96. The van der Waals surface area contributed by atoms with Crippen LogP contribution in [0.25, 0.3) is 10.8 Å². The van der Waals surface area contributed by atoms with E-state index in [1.165, 1.54) is 12.1 Å². The number of carbonyl (C=O) groups excluding carboxylic acids is 1. The number of sulfonamides is 1. The fraction of sp³-hybridized carbons (Fsp3) is 0.154. The normalized spacial score (nSPS) is 11.6. The predicted molar refractivity (Wildman–Crippen MR) is 70.2 cm³/mol. The zero-order chi connectivity index (χ0) is 13.2. The first-order chi connectivity index (χ1) is 8.60. The molecule has 0 aliphatic heterocycles. The van der Waals surface area contributed by atoms with E-state index in [-0.39, 0.29) is 4.90 Å². The molecule has 94 valence electrons. The summed E-state index contributed by atoms with van der Waals surface area (Å²) >= 11 is 0. The highest BCUT2D eigenvalue weighted by Gasteiger charge is 2.17. The molecule has 0 saturated carbocycles. The summed E-state index contributed by atoms with van der Waals surface area (Å²) in [6.07, 6.45) is 0.728. The second-order valence-corrected chi connectivity index (χ2v) is 5.55. The summed E-state index contributed by atoms with van der Waals surface area (Å²) in [7, 11) is -3.53. The number of benzene rings is 2. The summed E-state index contributed by atoms with van der Waals surface area (Å²) in [5.74, 6) is 0. The summed E-state index contributed by atoms with van der Waals surface area (Å²) in [5, 5.41) is 1.20. The maximum Gasteiger partial charge on any atom is 0.241 e. The van der Waals surface area contributed by atoms with Gasteiger partial charge in [-0.25, -0.2) is 13.1 Å². The van der Waals surface area contributed by atoms with Gasteiger partial charge in [-0.3, -0.25) is 4.79 Å². The number of hydrogen-bond acceptors (Lipinski definition) is 3. The number of nitrogens with one attached hydrogen (secondary N) is 1. The Hall–Kier alpha value is -1.72. The summed E-state index contributed by atoms with van der Waals surface area (Å²) in [6.45, 7) is 2.05. The van der Waals surface area contributed by atoms with Crippen LogP contribution >= 0.6 is 0 Å². The van der Waals surface area contributed by atoms with Crippen LogP contribution in [0.4, 0.5) is 0 Å². The zero-order valence-corrected chi connectivity index (χ0v) is 10.7. The van der Waals surface area contributed by atoms with Gasteiger partial charge in [-0.05, 0) is 17.5 Å². The van der Waals surface area contributed by atoms with Crippen LogP contribution in [0.2, 0.25) is 0 Å². The highest BCUT2D eigenvalue weighted by molar-refractivity contribution is 7.89. The lowest BCUT2D eigenvalue weighted by Gasteiger charge is -2.09. The lowest BCUT2D eigenvalue weighted by Crippen LogP contribution is -2.23. The van der Waals surface area contributed by atoms with Gasteiger partial charge in [-0.1, -0.05) is 31.2 Å². The van der Waals surface area contributed by atoms with Crippen molar-refractivity contribution < 1.29 is 13.2 Å². The molecule has 0 amide bonds. The lowest BCUT2D eigenvalue weighted by molar-refractivity contribution is 0.112. The van der Waals surface area contributed by atoms with Gasteiger partial charge in [0.25, 0.3) is 0 Å². The van der Waals surface area contributed by atoms with Gasteiger partial charge in [0.1, 0.15) is 0 Å². The fourth-order valence-corrected chi connectivity index (χ4v) is 3.15. The number of fused-ring (bicyclic) bond motifs is 1. The maximum absolute atomic E-state index is 12.0. The van der Waals surface area contributed by atoms with E-state index in [4.69, 9.17) is 0 Å². The second kappa shape index (κ2) is 4.88. The van der Waals surface area contributed by atoms with E-state index in [1.807, 2.05) is 0 Å². The molecule has 0 atom stereocenters. The minimum atomic E-state index is -3.53. The Morgan fingerprint density at radius 2 is 1.78 bits per heavy atom.